The van der Waals surface area contributed by atoms with Crippen LogP contribution in [0.5, 0.6) is 0 Å². The van der Waals surface area contributed by atoms with Crippen LogP contribution in [-0.2, 0) is 4.79 Å². The van der Waals surface area contributed by atoms with Gasteiger partial charge in [-0.2, -0.15) is 0 Å². The van der Waals surface area contributed by atoms with E-state index in [0.717, 1.165) is 28.5 Å². The molecule has 20 heavy (non-hydrogen) atoms. The first-order valence-corrected chi connectivity index (χ1v) is 8.19. The van der Waals surface area contributed by atoms with E-state index in [1.807, 2.05) is 24.3 Å². The monoisotopic (exact) mass is 338 g/mol. The van der Waals surface area contributed by atoms with Gasteiger partial charge in [0.25, 0.3) is 0 Å². The van der Waals surface area contributed by atoms with Crippen molar-refractivity contribution in [2.45, 2.75) is 32.6 Å². The van der Waals surface area contributed by atoms with Gasteiger partial charge in [-0.1, -0.05) is 31.9 Å². The van der Waals surface area contributed by atoms with Crippen LogP contribution in [0.15, 0.2) is 28.7 Å². The third kappa shape index (κ3) is 4.91. The molecule has 0 heterocycles. The summed E-state index contributed by atoms with van der Waals surface area (Å²) in [5.41, 5.74) is 0.825. The quantitative estimate of drug-likeness (QED) is 0.857. The molecule has 1 saturated carbocycles. The zero-order valence-electron chi connectivity index (χ0n) is 12.0. The minimum Gasteiger partial charge on any atom is -0.324 e. The number of hydrogen-bond acceptors (Lipinski definition) is 2. The SMILES string of the molecule is CC1CCC(CNCC(=O)Nc2ccccc2Br)CC1. The van der Waals surface area contributed by atoms with Crippen molar-refractivity contribution in [2.75, 3.05) is 18.4 Å². The maximum absolute atomic E-state index is 11.9. The van der Waals surface area contributed by atoms with E-state index in [1.165, 1.54) is 25.7 Å². The summed E-state index contributed by atoms with van der Waals surface area (Å²) < 4.78 is 0.912. The van der Waals surface area contributed by atoms with E-state index >= 15 is 0 Å². The average molecular weight is 339 g/mol. The fourth-order valence-corrected chi connectivity index (χ4v) is 3.06. The van der Waals surface area contributed by atoms with Crippen LogP contribution in [0.2, 0.25) is 0 Å². The Morgan fingerprint density at radius 3 is 2.65 bits per heavy atom. The summed E-state index contributed by atoms with van der Waals surface area (Å²) in [7, 11) is 0. The molecule has 0 bridgehead atoms. The van der Waals surface area contributed by atoms with E-state index in [-0.39, 0.29) is 5.91 Å². The predicted molar refractivity (Wildman–Crippen MR) is 86.8 cm³/mol. The summed E-state index contributed by atoms with van der Waals surface area (Å²) in [6.45, 7) is 3.66. The maximum Gasteiger partial charge on any atom is 0.238 e. The molecular formula is C16H23BrN2O. The van der Waals surface area contributed by atoms with Gasteiger partial charge >= 0.3 is 0 Å². The molecule has 0 aliphatic heterocycles. The lowest BCUT2D eigenvalue weighted by atomic mass is 9.83. The van der Waals surface area contributed by atoms with Crippen molar-refractivity contribution in [3.8, 4) is 0 Å². The molecule has 4 heteroatoms. The van der Waals surface area contributed by atoms with Crippen LogP contribution in [0.25, 0.3) is 0 Å². The van der Waals surface area contributed by atoms with Gasteiger partial charge in [0.15, 0.2) is 0 Å². The molecule has 1 aromatic carbocycles. The molecule has 1 aromatic rings. The van der Waals surface area contributed by atoms with Crippen molar-refractivity contribution in [2.24, 2.45) is 11.8 Å². The number of carbonyl (C=O) groups is 1. The summed E-state index contributed by atoms with van der Waals surface area (Å²) in [6.07, 6.45) is 5.24. The maximum atomic E-state index is 11.9. The van der Waals surface area contributed by atoms with Gasteiger partial charge in [-0.05, 0) is 59.3 Å². The number of rotatable bonds is 5. The van der Waals surface area contributed by atoms with E-state index in [4.69, 9.17) is 0 Å². The second-order valence-corrected chi connectivity index (χ2v) is 6.64. The molecule has 2 rings (SSSR count). The summed E-state index contributed by atoms with van der Waals surface area (Å²) in [5.74, 6) is 1.63. The first-order chi connectivity index (χ1) is 9.65. The number of halogens is 1. The third-order valence-electron chi connectivity index (χ3n) is 4.00. The summed E-state index contributed by atoms with van der Waals surface area (Å²) >= 11 is 3.43. The highest BCUT2D eigenvalue weighted by molar-refractivity contribution is 9.10. The van der Waals surface area contributed by atoms with Gasteiger partial charge in [-0.25, -0.2) is 0 Å². The molecular weight excluding hydrogens is 316 g/mol. The molecule has 0 unspecified atom stereocenters. The Hall–Kier alpha value is -0.870. The highest BCUT2D eigenvalue weighted by Gasteiger charge is 2.17. The molecule has 3 nitrogen and oxygen atoms in total. The molecule has 1 aliphatic rings. The number of anilines is 1. The second-order valence-electron chi connectivity index (χ2n) is 5.78. The van der Waals surface area contributed by atoms with Gasteiger partial charge in [0, 0.05) is 4.47 Å². The van der Waals surface area contributed by atoms with Crippen molar-refractivity contribution in [3.05, 3.63) is 28.7 Å². The standard InChI is InChI=1S/C16H23BrN2O/c1-12-6-8-13(9-7-12)10-18-11-16(20)19-15-5-3-2-4-14(15)17/h2-5,12-13,18H,6-11H2,1H3,(H,19,20). The Balaban J connectivity index is 1.67. The van der Waals surface area contributed by atoms with Crippen LogP contribution in [0.3, 0.4) is 0 Å². The highest BCUT2D eigenvalue weighted by Crippen LogP contribution is 2.27. The van der Waals surface area contributed by atoms with E-state index < -0.39 is 0 Å². The van der Waals surface area contributed by atoms with Crippen LogP contribution < -0.4 is 10.6 Å². The lowest BCUT2D eigenvalue weighted by Crippen LogP contribution is -2.33. The van der Waals surface area contributed by atoms with Gasteiger partial charge in [-0.15, -0.1) is 0 Å². The van der Waals surface area contributed by atoms with Crippen molar-refractivity contribution in [1.29, 1.82) is 0 Å². The van der Waals surface area contributed by atoms with Crippen molar-refractivity contribution in [1.82, 2.24) is 5.32 Å². The molecule has 0 aromatic heterocycles. The van der Waals surface area contributed by atoms with Crippen LogP contribution in [0.4, 0.5) is 5.69 Å². The second kappa shape index (κ2) is 7.79. The topological polar surface area (TPSA) is 41.1 Å². The molecule has 0 spiro atoms. The fraction of sp³-hybridized carbons (Fsp3) is 0.562. The summed E-state index contributed by atoms with van der Waals surface area (Å²) in [5, 5.41) is 6.19. The van der Waals surface area contributed by atoms with Crippen LogP contribution in [-0.4, -0.2) is 19.0 Å². The Labute approximate surface area is 129 Å². The molecule has 110 valence electrons. The van der Waals surface area contributed by atoms with Crippen LogP contribution >= 0.6 is 15.9 Å². The summed E-state index contributed by atoms with van der Waals surface area (Å²) in [4.78, 5) is 11.9. The minimum atomic E-state index is 0.0149. The first kappa shape index (κ1) is 15.5. The number of benzene rings is 1. The molecule has 0 saturated heterocycles. The smallest absolute Gasteiger partial charge is 0.238 e. The Morgan fingerprint density at radius 2 is 1.95 bits per heavy atom. The number of hydrogen-bond donors (Lipinski definition) is 2. The number of amides is 1. The minimum absolute atomic E-state index is 0.0149. The van der Waals surface area contributed by atoms with Crippen molar-refractivity contribution in [3.63, 3.8) is 0 Å². The Morgan fingerprint density at radius 1 is 1.25 bits per heavy atom. The van der Waals surface area contributed by atoms with Crippen molar-refractivity contribution < 1.29 is 4.79 Å². The fourth-order valence-electron chi connectivity index (χ4n) is 2.68. The first-order valence-electron chi connectivity index (χ1n) is 7.40. The third-order valence-corrected chi connectivity index (χ3v) is 4.69. The van der Waals surface area contributed by atoms with E-state index in [0.29, 0.717) is 6.54 Å². The van der Waals surface area contributed by atoms with Crippen molar-refractivity contribution >= 4 is 27.5 Å². The molecule has 1 amide bonds. The van der Waals surface area contributed by atoms with E-state index in [2.05, 4.69) is 33.5 Å². The lowest BCUT2D eigenvalue weighted by molar-refractivity contribution is -0.115. The Bertz CT molecular complexity index is 442. The van der Waals surface area contributed by atoms with Gasteiger partial charge in [0.2, 0.25) is 5.91 Å². The molecule has 1 aliphatic carbocycles. The highest BCUT2D eigenvalue weighted by atomic mass is 79.9. The lowest BCUT2D eigenvalue weighted by Gasteiger charge is -2.26. The molecule has 0 radical (unpaired) electrons. The van der Waals surface area contributed by atoms with Crippen LogP contribution in [0, 0.1) is 11.8 Å². The molecule has 2 N–H and O–H groups in total. The molecule has 0 atom stereocenters. The van der Waals surface area contributed by atoms with E-state index in [1.54, 1.807) is 0 Å². The van der Waals surface area contributed by atoms with Crippen LogP contribution in [0.1, 0.15) is 32.6 Å². The number of para-hydroxylation sites is 1. The largest absolute Gasteiger partial charge is 0.324 e. The Kier molecular flexibility index (Phi) is 6.05. The summed E-state index contributed by atoms with van der Waals surface area (Å²) in [6, 6.07) is 7.66. The zero-order chi connectivity index (χ0) is 14.4. The number of nitrogens with one attached hydrogen (secondary N) is 2. The van der Waals surface area contributed by atoms with Gasteiger partial charge < -0.3 is 10.6 Å². The van der Waals surface area contributed by atoms with E-state index in [9.17, 15) is 4.79 Å². The predicted octanol–water partition coefficient (Wildman–Crippen LogP) is 3.80. The average Bonchev–Trinajstić information content (AvgIpc) is 2.44. The van der Waals surface area contributed by atoms with Gasteiger partial charge in [0.1, 0.15) is 0 Å². The van der Waals surface area contributed by atoms with Gasteiger partial charge in [-0.3, -0.25) is 4.79 Å². The number of carbonyl (C=O) groups excluding carboxylic acids is 1. The normalized spacial score (nSPS) is 22.5. The molecule has 1 fully saturated rings. The van der Waals surface area contributed by atoms with Gasteiger partial charge in [0.05, 0.1) is 12.2 Å². The zero-order valence-corrected chi connectivity index (χ0v) is 13.6.